The molecule has 1 aromatic rings. The van der Waals surface area contributed by atoms with Crippen LogP contribution < -0.4 is 0 Å². The number of hydrogen-bond donors (Lipinski definition) is 0. The summed E-state index contributed by atoms with van der Waals surface area (Å²) in [6.07, 6.45) is 0. The van der Waals surface area contributed by atoms with Gasteiger partial charge in [0.1, 0.15) is 0 Å². The number of rotatable bonds is 5. The molecule has 92 valence electrons. The van der Waals surface area contributed by atoms with Crippen molar-refractivity contribution in [2.24, 2.45) is 0 Å². The van der Waals surface area contributed by atoms with Gasteiger partial charge in [0, 0.05) is 22.3 Å². The first-order chi connectivity index (χ1) is 7.99. The highest BCUT2D eigenvalue weighted by Gasteiger charge is 2.15. The summed E-state index contributed by atoms with van der Waals surface area (Å²) < 4.78 is 34.9. The van der Waals surface area contributed by atoms with Crippen LogP contribution in [0.1, 0.15) is 12.5 Å². The molecule has 0 N–H and O–H groups in total. The Morgan fingerprint density at radius 3 is 2.35 bits per heavy atom. The fourth-order valence-electron chi connectivity index (χ4n) is 1.20. The first kappa shape index (κ1) is 13.9. The van der Waals surface area contributed by atoms with Crippen molar-refractivity contribution in [2.45, 2.75) is 11.8 Å². The topological polar surface area (TPSA) is 75.0 Å². The fraction of sp³-hybridized carbons (Fsp3) is 0.364. The summed E-state index contributed by atoms with van der Waals surface area (Å²) >= 11 is 0. The standard InChI is InChI=1S/C11H13NO3S2/c1-2-16(13)7-8-17(14,15)11-5-3-10(9-12)4-6-11/h3-6H,2,7-8H2,1H3. The van der Waals surface area contributed by atoms with Crippen LogP contribution >= 0.6 is 0 Å². The highest BCUT2D eigenvalue weighted by atomic mass is 32.2. The maximum absolute atomic E-state index is 11.8. The smallest absolute Gasteiger partial charge is 0.179 e. The fourth-order valence-corrected chi connectivity index (χ4v) is 3.90. The van der Waals surface area contributed by atoms with E-state index in [9.17, 15) is 12.6 Å². The molecular weight excluding hydrogens is 258 g/mol. The highest BCUT2D eigenvalue weighted by molar-refractivity contribution is 7.93. The van der Waals surface area contributed by atoms with Crippen molar-refractivity contribution in [3.8, 4) is 6.07 Å². The van der Waals surface area contributed by atoms with Gasteiger partial charge in [-0.3, -0.25) is 4.21 Å². The summed E-state index contributed by atoms with van der Waals surface area (Å²) in [4.78, 5) is 0.171. The van der Waals surface area contributed by atoms with Crippen molar-refractivity contribution in [3.05, 3.63) is 29.8 Å². The number of benzene rings is 1. The Morgan fingerprint density at radius 2 is 1.88 bits per heavy atom. The average molecular weight is 271 g/mol. The van der Waals surface area contributed by atoms with Gasteiger partial charge in [0.2, 0.25) is 0 Å². The van der Waals surface area contributed by atoms with Crippen molar-refractivity contribution in [1.82, 2.24) is 0 Å². The SMILES string of the molecule is CCS(=O)CCS(=O)(=O)c1ccc(C#N)cc1. The first-order valence-electron chi connectivity index (χ1n) is 5.07. The lowest BCUT2D eigenvalue weighted by molar-refractivity contribution is 0.597. The second-order valence-corrected chi connectivity index (χ2v) is 7.36. The second-order valence-electron chi connectivity index (χ2n) is 3.39. The van der Waals surface area contributed by atoms with Crippen molar-refractivity contribution in [2.75, 3.05) is 17.3 Å². The van der Waals surface area contributed by atoms with E-state index in [4.69, 9.17) is 5.26 Å². The van der Waals surface area contributed by atoms with Crippen LogP contribution in [0.3, 0.4) is 0 Å². The summed E-state index contributed by atoms with van der Waals surface area (Å²) in [7, 11) is -4.48. The zero-order valence-corrected chi connectivity index (χ0v) is 11.1. The Labute approximate surface area is 104 Å². The minimum atomic E-state index is -3.39. The summed E-state index contributed by atoms with van der Waals surface area (Å²) in [5.74, 6) is 0.487. The molecule has 0 aliphatic rings. The maximum Gasteiger partial charge on any atom is 0.179 e. The van der Waals surface area contributed by atoms with Gasteiger partial charge in [-0.25, -0.2) is 8.42 Å². The molecule has 6 heteroatoms. The minimum Gasteiger partial charge on any atom is -0.260 e. The summed E-state index contributed by atoms with van der Waals surface area (Å²) in [5, 5.41) is 8.60. The highest BCUT2D eigenvalue weighted by Crippen LogP contribution is 2.12. The van der Waals surface area contributed by atoms with Crippen LogP contribution in [0.5, 0.6) is 0 Å². The Bertz CT molecular complexity index is 541. The van der Waals surface area contributed by atoms with Crippen molar-refractivity contribution in [3.63, 3.8) is 0 Å². The normalized spacial score (nSPS) is 12.9. The van der Waals surface area contributed by atoms with E-state index in [0.717, 1.165) is 0 Å². The number of sulfone groups is 1. The van der Waals surface area contributed by atoms with Crippen LogP contribution in [0.2, 0.25) is 0 Å². The van der Waals surface area contributed by atoms with Gasteiger partial charge in [-0.2, -0.15) is 5.26 Å². The van der Waals surface area contributed by atoms with Gasteiger partial charge in [-0.15, -0.1) is 0 Å². The third-order valence-corrected chi connectivity index (χ3v) is 5.54. The number of nitrogens with zero attached hydrogens (tertiary/aromatic N) is 1. The molecule has 0 aliphatic heterocycles. The van der Waals surface area contributed by atoms with E-state index in [0.29, 0.717) is 11.3 Å². The second kappa shape index (κ2) is 5.94. The first-order valence-corrected chi connectivity index (χ1v) is 8.21. The maximum atomic E-state index is 11.8. The molecule has 0 bridgehead atoms. The Kier molecular flexibility index (Phi) is 4.85. The van der Waals surface area contributed by atoms with Crippen LogP contribution in [-0.4, -0.2) is 29.9 Å². The lowest BCUT2D eigenvalue weighted by Crippen LogP contribution is -2.14. The molecular formula is C11H13NO3S2. The number of nitriles is 1. The van der Waals surface area contributed by atoms with Gasteiger partial charge < -0.3 is 0 Å². The van der Waals surface area contributed by atoms with E-state index in [-0.39, 0.29) is 16.4 Å². The van der Waals surface area contributed by atoms with Gasteiger partial charge in [0.15, 0.2) is 9.84 Å². The van der Waals surface area contributed by atoms with Crippen molar-refractivity contribution < 1.29 is 12.6 Å². The van der Waals surface area contributed by atoms with Crippen LogP contribution in [0.25, 0.3) is 0 Å². The third kappa shape index (κ3) is 3.95. The molecule has 0 amide bonds. The monoisotopic (exact) mass is 271 g/mol. The molecule has 0 saturated heterocycles. The lowest BCUT2D eigenvalue weighted by Gasteiger charge is -2.03. The lowest BCUT2D eigenvalue weighted by atomic mass is 10.2. The molecule has 17 heavy (non-hydrogen) atoms. The third-order valence-electron chi connectivity index (χ3n) is 2.24. The molecule has 1 rings (SSSR count). The van der Waals surface area contributed by atoms with E-state index in [1.54, 1.807) is 6.92 Å². The molecule has 0 fully saturated rings. The quantitative estimate of drug-likeness (QED) is 0.803. The summed E-state index contributed by atoms with van der Waals surface area (Å²) in [5.41, 5.74) is 0.418. The van der Waals surface area contributed by atoms with Crippen LogP contribution in [0.15, 0.2) is 29.2 Å². The largest absolute Gasteiger partial charge is 0.260 e. The average Bonchev–Trinajstić information content (AvgIpc) is 2.36. The molecule has 1 atom stereocenters. The Balaban J connectivity index is 2.83. The predicted molar refractivity (Wildman–Crippen MR) is 66.8 cm³/mol. The summed E-state index contributed by atoms with van der Waals surface area (Å²) in [6.45, 7) is 1.75. The van der Waals surface area contributed by atoms with Crippen LogP contribution in [0, 0.1) is 11.3 Å². The van der Waals surface area contributed by atoms with E-state index in [1.165, 1.54) is 24.3 Å². The van der Waals surface area contributed by atoms with Crippen LogP contribution in [-0.2, 0) is 20.6 Å². The zero-order chi connectivity index (χ0) is 12.9. The van der Waals surface area contributed by atoms with Crippen molar-refractivity contribution in [1.29, 1.82) is 5.26 Å². The predicted octanol–water partition coefficient (Wildman–Crippen LogP) is 1.10. The summed E-state index contributed by atoms with van der Waals surface area (Å²) in [6, 6.07) is 7.66. The molecule has 1 unspecified atom stereocenters. The molecule has 0 spiro atoms. The van der Waals surface area contributed by atoms with E-state index < -0.39 is 20.6 Å². The molecule has 0 aromatic heterocycles. The van der Waals surface area contributed by atoms with Gasteiger partial charge >= 0.3 is 0 Å². The molecule has 4 nitrogen and oxygen atoms in total. The Morgan fingerprint density at radius 1 is 1.29 bits per heavy atom. The zero-order valence-electron chi connectivity index (χ0n) is 9.42. The molecule has 0 saturated carbocycles. The van der Waals surface area contributed by atoms with Gasteiger partial charge in [0.25, 0.3) is 0 Å². The van der Waals surface area contributed by atoms with E-state index >= 15 is 0 Å². The minimum absolute atomic E-state index is 0.126. The molecule has 0 radical (unpaired) electrons. The van der Waals surface area contributed by atoms with Crippen LogP contribution in [0.4, 0.5) is 0 Å². The van der Waals surface area contributed by atoms with Crippen molar-refractivity contribution >= 4 is 20.6 Å². The van der Waals surface area contributed by atoms with Gasteiger partial charge in [-0.1, -0.05) is 6.92 Å². The Hall–Kier alpha value is -1.19. The number of hydrogen-bond acceptors (Lipinski definition) is 4. The van der Waals surface area contributed by atoms with E-state index in [2.05, 4.69) is 0 Å². The molecule has 0 aliphatic carbocycles. The molecule has 1 aromatic carbocycles. The van der Waals surface area contributed by atoms with Gasteiger partial charge in [0.05, 0.1) is 22.3 Å². The van der Waals surface area contributed by atoms with Gasteiger partial charge in [-0.05, 0) is 24.3 Å². The van der Waals surface area contributed by atoms with E-state index in [1.807, 2.05) is 6.07 Å². The molecule has 0 heterocycles.